The van der Waals surface area contributed by atoms with Crippen LogP contribution in [0.15, 0.2) is 206 Å². The molecule has 0 spiro atoms. The monoisotopic (exact) mass is 662 g/mol. The first-order valence-corrected chi connectivity index (χ1v) is 17.8. The van der Waals surface area contributed by atoms with Crippen LogP contribution in [0.3, 0.4) is 0 Å². The molecule has 0 aliphatic rings. The molecular formula is C50H34N2. The number of para-hydroxylation sites is 2. The molecular weight excluding hydrogens is 629 g/mol. The maximum atomic E-state index is 2.38. The zero-order chi connectivity index (χ0) is 34.4. The van der Waals surface area contributed by atoms with Gasteiger partial charge in [-0.1, -0.05) is 140 Å². The fraction of sp³-hybridized carbons (Fsp3) is 0. The normalized spacial score (nSPS) is 11.5. The van der Waals surface area contributed by atoms with Crippen molar-refractivity contribution in [3.05, 3.63) is 206 Å². The van der Waals surface area contributed by atoms with E-state index >= 15 is 0 Å². The van der Waals surface area contributed by atoms with Crippen molar-refractivity contribution in [1.29, 1.82) is 0 Å². The van der Waals surface area contributed by atoms with E-state index < -0.39 is 0 Å². The van der Waals surface area contributed by atoms with Crippen LogP contribution in [0, 0.1) is 0 Å². The Balaban J connectivity index is 1.11. The van der Waals surface area contributed by atoms with Gasteiger partial charge in [-0.05, 0) is 111 Å². The van der Waals surface area contributed by atoms with Crippen molar-refractivity contribution in [3.63, 3.8) is 0 Å². The van der Waals surface area contributed by atoms with E-state index in [-0.39, 0.29) is 0 Å². The molecule has 2 nitrogen and oxygen atoms in total. The average molecular weight is 663 g/mol. The number of anilines is 3. The van der Waals surface area contributed by atoms with Gasteiger partial charge in [0.2, 0.25) is 0 Å². The standard InChI is InChI=1S/C50H34N2/c1-2-20-42(21-3-1)52-48-25-9-8-23-47(48)50-46(24-12-26-49(50)52)41-19-10-17-37(31-41)40-18-11-22-43(34-40)51(44-29-27-35-13-4-6-15-38(35)32-44)45-30-28-36-14-5-7-16-39(36)33-45/h1-34H. The van der Waals surface area contributed by atoms with Gasteiger partial charge in [0.1, 0.15) is 0 Å². The molecule has 0 aliphatic carbocycles. The van der Waals surface area contributed by atoms with Gasteiger partial charge < -0.3 is 9.47 Å². The second-order valence-corrected chi connectivity index (χ2v) is 13.4. The smallest absolute Gasteiger partial charge is 0.0547 e. The van der Waals surface area contributed by atoms with E-state index in [2.05, 4.69) is 216 Å². The quantitative estimate of drug-likeness (QED) is 0.172. The lowest BCUT2D eigenvalue weighted by atomic mass is 9.95. The summed E-state index contributed by atoms with van der Waals surface area (Å²) < 4.78 is 2.38. The van der Waals surface area contributed by atoms with Crippen LogP contribution in [0.1, 0.15) is 0 Å². The van der Waals surface area contributed by atoms with Crippen molar-refractivity contribution in [2.24, 2.45) is 0 Å². The molecule has 0 amide bonds. The molecule has 52 heavy (non-hydrogen) atoms. The summed E-state index contributed by atoms with van der Waals surface area (Å²) in [6.45, 7) is 0. The summed E-state index contributed by atoms with van der Waals surface area (Å²) >= 11 is 0. The van der Waals surface area contributed by atoms with Gasteiger partial charge >= 0.3 is 0 Å². The van der Waals surface area contributed by atoms with Gasteiger partial charge in [0, 0.05) is 33.5 Å². The van der Waals surface area contributed by atoms with E-state index in [1.165, 1.54) is 71.3 Å². The molecule has 0 unspecified atom stereocenters. The maximum Gasteiger partial charge on any atom is 0.0547 e. The first-order valence-electron chi connectivity index (χ1n) is 17.8. The first kappa shape index (κ1) is 30.0. The van der Waals surface area contributed by atoms with Crippen LogP contribution in [0.2, 0.25) is 0 Å². The van der Waals surface area contributed by atoms with Crippen molar-refractivity contribution in [2.75, 3.05) is 4.90 Å². The van der Waals surface area contributed by atoms with E-state index in [1.54, 1.807) is 0 Å². The van der Waals surface area contributed by atoms with Gasteiger partial charge in [0.15, 0.2) is 0 Å². The van der Waals surface area contributed by atoms with Crippen molar-refractivity contribution in [2.45, 2.75) is 0 Å². The van der Waals surface area contributed by atoms with Gasteiger partial charge in [-0.25, -0.2) is 0 Å². The number of hydrogen-bond acceptors (Lipinski definition) is 1. The number of hydrogen-bond donors (Lipinski definition) is 0. The fourth-order valence-electron chi connectivity index (χ4n) is 7.88. The fourth-order valence-corrected chi connectivity index (χ4v) is 7.88. The Morgan fingerprint density at radius 2 is 0.865 bits per heavy atom. The minimum Gasteiger partial charge on any atom is -0.310 e. The minimum atomic E-state index is 1.11. The molecule has 1 heterocycles. The molecule has 0 saturated carbocycles. The number of rotatable bonds is 6. The van der Waals surface area contributed by atoms with Crippen LogP contribution in [-0.4, -0.2) is 4.57 Å². The summed E-state index contributed by atoms with van der Waals surface area (Å²) in [5.74, 6) is 0. The second kappa shape index (κ2) is 12.5. The van der Waals surface area contributed by atoms with Crippen LogP contribution >= 0.6 is 0 Å². The summed E-state index contributed by atoms with van der Waals surface area (Å²) in [5, 5.41) is 7.43. The molecule has 0 bridgehead atoms. The molecule has 0 N–H and O–H groups in total. The highest BCUT2D eigenvalue weighted by Crippen LogP contribution is 2.41. The maximum absolute atomic E-state index is 2.38. The third-order valence-corrected chi connectivity index (χ3v) is 10.3. The van der Waals surface area contributed by atoms with Crippen molar-refractivity contribution in [3.8, 4) is 27.9 Å². The second-order valence-electron chi connectivity index (χ2n) is 13.4. The number of benzene rings is 9. The summed E-state index contributed by atoms with van der Waals surface area (Å²) in [4.78, 5) is 2.38. The highest BCUT2D eigenvalue weighted by atomic mass is 15.1. The summed E-state index contributed by atoms with van der Waals surface area (Å²) in [7, 11) is 0. The molecule has 0 fully saturated rings. The van der Waals surface area contributed by atoms with E-state index in [0.29, 0.717) is 0 Å². The van der Waals surface area contributed by atoms with Crippen LogP contribution in [0.25, 0.3) is 71.3 Å². The molecule has 0 radical (unpaired) electrons. The average Bonchev–Trinajstić information content (AvgIpc) is 3.56. The van der Waals surface area contributed by atoms with E-state index in [9.17, 15) is 0 Å². The van der Waals surface area contributed by atoms with E-state index in [0.717, 1.165) is 17.1 Å². The Hall–Kier alpha value is -6.90. The van der Waals surface area contributed by atoms with Gasteiger partial charge in [-0.15, -0.1) is 0 Å². The lowest BCUT2D eigenvalue weighted by molar-refractivity contribution is 1.18. The van der Waals surface area contributed by atoms with E-state index in [4.69, 9.17) is 0 Å². The Kier molecular flexibility index (Phi) is 7.18. The number of nitrogens with zero attached hydrogens (tertiary/aromatic N) is 2. The molecule has 1 aromatic heterocycles. The molecule has 0 atom stereocenters. The van der Waals surface area contributed by atoms with Crippen molar-refractivity contribution >= 4 is 60.4 Å². The van der Waals surface area contributed by atoms with Gasteiger partial charge in [0.05, 0.1) is 11.0 Å². The molecule has 0 saturated heterocycles. The molecule has 0 aliphatic heterocycles. The van der Waals surface area contributed by atoms with Crippen molar-refractivity contribution < 1.29 is 0 Å². The minimum absolute atomic E-state index is 1.11. The largest absolute Gasteiger partial charge is 0.310 e. The van der Waals surface area contributed by atoms with Crippen LogP contribution in [0.5, 0.6) is 0 Å². The number of aromatic nitrogens is 1. The Morgan fingerprint density at radius 1 is 0.327 bits per heavy atom. The Labute approximate surface area is 303 Å². The molecule has 244 valence electrons. The highest BCUT2D eigenvalue weighted by molar-refractivity contribution is 6.16. The lowest BCUT2D eigenvalue weighted by Gasteiger charge is -2.27. The van der Waals surface area contributed by atoms with Crippen LogP contribution in [0.4, 0.5) is 17.1 Å². The van der Waals surface area contributed by atoms with Crippen LogP contribution < -0.4 is 4.90 Å². The highest BCUT2D eigenvalue weighted by Gasteiger charge is 2.18. The molecule has 2 heteroatoms. The number of fused-ring (bicyclic) bond motifs is 5. The third-order valence-electron chi connectivity index (χ3n) is 10.3. The van der Waals surface area contributed by atoms with Crippen molar-refractivity contribution in [1.82, 2.24) is 4.57 Å². The summed E-state index contributed by atoms with van der Waals surface area (Å²) in [6.07, 6.45) is 0. The predicted molar refractivity (Wildman–Crippen MR) is 221 cm³/mol. The summed E-state index contributed by atoms with van der Waals surface area (Å²) in [5.41, 5.74) is 11.7. The Morgan fingerprint density at radius 3 is 1.60 bits per heavy atom. The zero-order valence-corrected chi connectivity index (χ0v) is 28.5. The van der Waals surface area contributed by atoms with Gasteiger partial charge in [-0.3, -0.25) is 0 Å². The third kappa shape index (κ3) is 5.12. The predicted octanol–water partition coefficient (Wildman–Crippen LogP) is 13.9. The lowest BCUT2D eigenvalue weighted by Crippen LogP contribution is -2.10. The molecule has 10 rings (SSSR count). The zero-order valence-electron chi connectivity index (χ0n) is 28.5. The first-order chi connectivity index (χ1) is 25.8. The van der Waals surface area contributed by atoms with Gasteiger partial charge in [0.25, 0.3) is 0 Å². The van der Waals surface area contributed by atoms with E-state index in [1.807, 2.05) is 0 Å². The SMILES string of the molecule is c1ccc(-n2c3ccccc3c3c(-c4cccc(-c5cccc(N(c6ccc7ccccc7c6)c6ccc7ccccc7c6)c5)c4)cccc32)cc1. The van der Waals surface area contributed by atoms with Gasteiger partial charge in [-0.2, -0.15) is 0 Å². The summed E-state index contributed by atoms with van der Waals surface area (Å²) in [6, 6.07) is 74.7. The molecule has 10 aromatic rings. The molecule has 9 aromatic carbocycles. The van der Waals surface area contributed by atoms with Crippen LogP contribution in [-0.2, 0) is 0 Å². The topological polar surface area (TPSA) is 8.17 Å². The Bertz CT molecular complexity index is 2840.